The number of pyridine rings is 1. The average Bonchev–Trinajstić information content (AvgIpc) is 2.28. The van der Waals surface area contributed by atoms with E-state index in [4.69, 9.17) is 5.11 Å². The molecule has 100 valence electrons. The van der Waals surface area contributed by atoms with Crippen LogP contribution in [-0.4, -0.2) is 47.1 Å². The molecular weight excluding hydrogens is 230 g/mol. The van der Waals surface area contributed by atoms with Crippen LogP contribution < -0.4 is 5.32 Å². The molecule has 1 heterocycles. The number of carbonyl (C=O) groups is 1. The van der Waals surface area contributed by atoms with Crippen molar-refractivity contribution in [3.05, 3.63) is 23.9 Å². The first-order valence-electron chi connectivity index (χ1n) is 5.92. The van der Waals surface area contributed by atoms with Crippen LogP contribution in [0.3, 0.4) is 0 Å². The SMILES string of the molecule is CN(C)C(=O)c1ccc(NC(C)(C)CCO)nc1. The molecule has 18 heavy (non-hydrogen) atoms. The molecule has 0 aliphatic carbocycles. The third kappa shape index (κ3) is 4.00. The van der Waals surface area contributed by atoms with Gasteiger partial charge in [0.15, 0.2) is 0 Å². The Morgan fingerprint density at radius 2 is 2.11 bits per heavy atom. The highest BCUT2D eigenvalue weighted by Gasteiger charge is 2.17. The van der Waals surface area contributed by atoms with Gasteiger partial charge in [-0.2, -0.15) is 0 Å². The minimum absolute atomic E-state index is 0.0660. The Morgan fingerprint density at radius 1 is 1.44 bits per heavy atom. The van der Waals surface area contributed by atoms with Crippen molar-refractivity contribution >= 4 is 11.7 Å². The number of hydrogen-bond acceptors (Lipinski definition) is 4. The third-order valence-electron chi connectivity index (χ3n) is 2.62. The average molecular weight is 251 g/mol. The first kappa shape index (κ1) is 14.4. The lowest BCUT2D eigenvalue weighted by Gasteiger charge is -2.26. The highest BCUT2D eigenvalue weighted by molar-refractivity contribution is 5.93. The molecule has 2 N–H and O–H groups in total. The number of carbonyl (C=O) groups excluding carboxylic acids is 1. The predicted molar refractivity (Wildman–Crippen MR) is 71.7 cm³/mol. The topological polar surface area (TPSA) is 65.5 Å². The van der Waals surface area contributed by atoms with Gasteiger partial charge in [0.1, 0.15) is 5.82 Å². The molecule has 1 aromatic heterocycles. The molecule has 0 bridgehead atoms. The zero-order valence-corrected chi connectivity index (χ0v) is 11.4. The van der Waals surface area contributed by atoms with Gasteiger partial charge in [0.05, 0.1) is 5.56 Å². The number of anilines is 1. The fourth-order valence-corrected chi connectivity index (χ4v) is 1.54. The lowest BCUT2D eigenvalue weighted by Crippen LogP contribution is -2.32. The summed E-state index contributed by atoms with van der Waals surface area (Å²) >= 11 is 0. The van der Waals surface area contributed by atoms with E-state index >= 15 is 0 Å². The molecule has 0 aliphatic rings. The van der Waals surface area contributed by atoms with E-state index in [9.17, 15) is 4.79 Å². The summed E-state index contributed by atoms with van der Waals surface area (Å²) in [7, 11) is 3.41. The summed E-state index contributed by atoms with van der Waals surface area (Å²) < 4.78 is 0. The van der Waals surface area contributed by atoms with Gasteiger partial charge in [0.25, 0.3) is 5.91 Å². The summed E-state index contributed by atoms with van der Waals surface area (Å²) in [6.07, 6.45) is 2.19. The molecule has 1 rings (SSSR count). The van der Waals surface area contributed by atoms with Gasteiger partial charge in [0, 0.05) is 32.4 Å². The maximum absolute atomic E-state index is 11.7. The van der Waals surface area contributed by atoms with Crippen LogP contribution in [0.1, 0.15) is 30.6 Å². The van der Waals surface area contributed by atoms with Crippen molar-refractivity contribution < 1.29 is 9.90 Å². The minimum atomic E-state index is -0.227. The molecule has 0 radical (unpaired) electrons. The number of aliphatic hydroxyl groups is 1. The quantitative estimate of drug-likeness (QED) is 0.829. The number of rotatable bonds is 5. The van der Waals surface area contributed by atoms with Crippen LogP contribution in [0, 0.1) is 0 Å². The second kappa shape index (κ2) is 5.82. The first-order valence-corrected chi connectivity index (χ1v) is 5.92. The van der Waals surface area contributed by atoms with Crippen LogP contribution in [-0.2, 0) is 0 Å². The zero-order chi connectivity index (χ0) is 13.8. The predicted octanol–water partition coefficient (Wildman–Crippen LogP) is 1.36. The van der Waals surface area contributed by atoms with E-state index in [2.05, 4.69) is 10.3 Å². The molecule has 5 heteroatoms. The van der Waals surface area contributed by atoms with E-state index in [0.29, 0.717) is 17.8 Å². The summed E-state index contributed by atoms with van der Waals surface area (Å²) in [6.45, 7) is 4.10. The second-order valence-corrected chi connectivity index (χ2v) is 5.11. The van der Waals surface area contributed by atoms with Crippen LogP contribution in [0.25, 0.3) is 0 Å². The Hall–Kier alpha value is -1.62. The molecule has 0 atom stereocenters. The van der Waals surface area contributed by atoms with Gasteiger partial charge in [-0.05, 0) is 32.4 Å². The zero-order valence-electron chi connectivity index (χ0n) is 11.4. The van der Waals surface area contributed by atoms with Gasteiger partial charge < -0.3 is 15.3 Å². The molecule has 1 amide bonds. The summed E-state index contributed by atoms with van der Waals surface area (Å²) in [4.78, 5) is 17.4. The number of amides is 1. The van der Waals surface area contributed by atoms with Gasteiger partial charge in [-0.15, -0.1) is 0 Å². The molecule has 0 saturated heterocycles. The standard InChI is InChI=1S/C13H21N3O2/c1-13(2,7-8-17)15-11-6-5-10(9-14-11)12(18)16(3)4/h5-6,9,17H,7-8H2,1-4H3,(H,14,15). The van der Waals surface area contributed by atoms with Crippen molar-refractivity contribution in [2.45, 2.75) is 25.8 Å². The Bertz CT molecular complexity index is 399. The maximum Gasteiger partial charge on any atom is 0.254 e. The van der Waals surface area contributed by atoms with E-state index < -0.39 is 0 Å². The van der Waals surface area contributed by atoms with Crippen molar-refractivity contribution in [3.63, 3.8) is 0 Å². The highest BCUT2D eigenvalue weighted by atomic mass is 16.3. The number of aromatic nitrogens is 1. The van der Waals surface area contributed by atoms with Gasteiger partial charge in [0.2, 0.25) is 0 Å². The smallest absolute Gasteiger partial charge is 0.254 e. The third-order valence-corrected chi connectivity index (χ3v) is 2.62. The first-order chi connectivity index (χ1) is 8.35. The molecule has 1 aromatic rings. The molecular formula is C13H21N3O2. The van der Waals surface area contributed by atoms with Crippen molar-refractivity contribution in [2.75, 3.05) is 26.0 Å². The van der Waals surface area contributed by atoms with Gasteiger partial charge in [-0.25, -0.2) is 4.98 Å². The molecule has 0 unspecified atom stereocenters. The lowest BCUT2D eigenvalue weighted by molar-refractivity contribution is 0.0827. The molecule has 0 aromatic carbocycles. The minimum Gasteiger partial charge on any atom is -0.396 e. The van der Waals surface area contributed by atoms with Crippen molar-refractivity contribution in [1.29, 1.82) is 0 Å². The van der Waals surface area contributed by atoms with E-state index in [-0.39, 0.29) is 18.1 Å². The Kier molecular flexibility index (Phi) is 4.67. The Morgan fingerprint density at radius 3 is 2.56 bits per heavy atom. The largest absolute Gasteiger partial charge is 0.396 e. The Balaban J connectivity index is 2.75. The van der Waals surface area contributed by atoms with Crippen LogP contribution in [0.5, 0.6) is 0 Å². The van der Waals surface area contributed by atoms with E-state index in [1.54, 1.807) is 32.4 Å². The van der Waals surface area contributed by atoms with E-state index in [1.165, 1.54) is 4.90 Å². The fourth-order valence-electron chi connectivity index (χ4n) is 1.54. The molecule has 5 nitrogen and oxygen atoms in total. The van der Waals surface area contributed by atoms with Crippen LogP contribution in [0.4, 0.5) is 5.82 Å². The van der Waals surface area contributed by atoms with Gasteiger partial charge in [-0.1, -0.05) is 0 Å². The van der Waals surface area contributed by atoms with Crippen molar-refractivity contribution in [2.24, 2.45) is 0 Å². The summed E-state index contributed by atoms with van der Waals surface area (Å²) in [6, 6.07) is 3.52. The normalized spacial score (nSPS) is 11.2. The molecule has 0 spiro atoms. The van der Waals surface area contributed by atoms with Crippen LogP contribution >= 0.6 is 0 Å². The van der Waals surface area contributed by atoms with E-state index in [0.717, 1.165) is 0 Å². The molecule has 0 fully saturated rings. The highest BCUT2D eigenvalue weighted by Crippen LogP contribution is 2.16. The van der Waals surface area contributed by atoms with Gasteiger partial charge >= 0.3 is 0 Å². The second-order valence-electron chi connectivity index (χ2n) is 5.11. The summed E-state index contributed by atoms with van der Waals surface area (Å²) in [5.41, 5.74) is 0.333. The number of nitrogens with one attached hydrogen (secondary N) is 1. The van der Waals surface area contributed by atoms with Crippen molar-refractivity contribution in [1.82, 2.24) is 9.88 Å². The van der Waals surface area contributed by atoms with Crippen LogP contribution in [0.2, 0.25) is 0 Å². The van der Waals surface area contributed by atoms with E-state index in [1.807, 2.05) is 13.8 Å². The molecule has 0 aliphatic heterocycles. The molecule has 0 saturated carbocycles. The summed E-state index contributed by atoms with van der Waals surface area (Å²) in [5, 5.41) is 12.2. The monoisotopic (exact) mass is 251 g/mol. The lowest BCUT2D eigenvalue weighted by atomic mass is 10.0. The van der Waals surface area contributed by atoms with Crippen molar-refractivity contribution in [3.8, 4) is 0 Å². The fraction of sp³-hybridized carbons (Fsp3) is 0.538. The van der Waals surface area contributed by atoms with Gasteiger partial charge in [-0.3, -0.25) is 4.79 Å². The summed E-state index contributed by atoms with van der Waals surface area (Å²) in [5.74, 6) is 0.632. The Labute approximate surface area is 108 Å². The number of hydrogen-bond donors (Lipinski definition) is 2. The maximum atomic E-state index is 11.7. The number of aliphatic hydroxyl groups excluding tert-OH is 1. The van der Waals surface area contributed by atoms with Crippen LogP contribution in [0.15, 0.2) is 18.3 Å². The number of nitrogens with zero attached hydrogens (tertiary/aromatic N) is 2.